The molecule has 0 fully saturated rings. The van der Waals surface area contributed by atoms with E-state index in [9.17, 15) is 4.79 Å². The molecule has 1 N–H and O–H groups in total. The van der Waals surface area contributed by atoms with E-state index in [1.165, 1.54) is 30.5 Å². The predicted octanol–water partition coefficient (Wildman–Crippen LogP) is 5.88. The normalized spacial score (nSPS) is 17.3. The van der Waals surface area contributed by atoms with Crippen molar-refractivity contribution in [2.24, 2.45) is 5.41 Å². The van der Waals surface area contributed by atoms with Crippen LogP contribution in [-0.4, -0.2) is 12.5 Å². The molecule has 140 valence electrons. The first kappa shape index (κ1) is 18.8. The van der Waals surface area contributed by atoms with Crippen LogP contribution in [0.25, 0.3) is 0 Å². The summed E-state index contributed by atoms with van der Waals surface area (Å²) in [5, 5.41) is 3.13. The zero-order chi connectivity index (χ0) is 18.9. The quantitative estimate of drug-likeness (QED) is 0.736. The van der Waals surface area contributed by atoms with Gasteiger partial charge in [0.05, 0.1) is 0 Å². The van der Waals surface area contributed by atoms with Crippen molar-refractivity contribution in [2.45, 2.75) is 66.7 Å². The van der Waals surface area contributed by atoms with E-state index >= 15 is 0 Å². The lowest BCUT2D eigenvalue weighted by Gasteiger charge is -2.31. The van der Waals surface area contributed by atoms with Gasteiger partial charge in [0.25, 0.3) is 0 Å². The zero-order valence-electron chi connectivity index (χ0n) is 16.9. The summed E-state index contributed by atoms with van der Waals surface area (Å²) in [6.07, 6.45) is 10.1. The highest BCUT2D eigenvalue weighted by atomic mass is 16.1. The van der Waals surface area contributed by atoms with Crippen molar-refractivity contribution < 1.29 is 4.79 Å². The number of aryl methyl sites for hydroxylation is 2. The first-order valence-corrected chi connectivity index (χ1v) is 9.81. The Morgan fingerprint density at radius 3 is 2.46 bits per heavy atom. The third-order valence-electron chi connectivity index (χ3n) is 5.19. The SMILES string of the molecule is Cc1cc(N2C=C3CCCC=C3CC2)cc(C)c1NC(=O)CC(C)(C)C. The fraction of sp³-hybridized carbons (Fsp3) is 0.522. The van der Waals surface area contributed by atoms with Crippen LogP contribution < -0.4 is 10.2 Å². The van der Waals surface area contributed by atoms with Crippen molar-refractivity contribution in [1.82, 2.24) is 0 Å². The number of amides is 1. The summed E-state index contributed by atoms with van der Waals surface area (Å²) in [5.41, 5.74) is 7.50. The summed E-state index contributed by atoms with van der Waals surface area (Å²) in [7, 11) is 0. The number of hydrogen-bond acceptors (Lipinski definition) is 2. The average Bonchev–Trinajstić information content (AvgIpc) is 2.56. The first-order valence-electron chi connectivity index (χ1n) is 9.81. The monoisotopic (exact) mass is 352 g/mol. The molecule has 0 radical (unpaired) electrons. The van der Waals surface area contributed by atoms with Crippen LogP contribution in [0.5, 0.6) is 0 Å². The number of nitrogens with one attached hydrogen (secondary N) is 1. The average molecular weight is 353 g/mol. The first-order chi connectivity index (χ1) is 12.2. The fourth-order valence-corrected chi connectivity index (χ4v) is 3.94. The second-order valence-electron chi connectivity index (χ2n) is 8.96. The summed E-state index contributed by atoms with van der Waals surface area (Å²) in [4.78, 5) is 14.7. The molecular formula is C23H32N2O. The van der Waals surface area contributed by atoms with Crippen molar-refractivity contribution in [3.63, 3.8) is 0 Å². The van der Waals surface area contributed by atoms with Gasteiger partial charge in [-0.15, -0.1) is 0 Å². The minimum atomic E-state index is -0.00294. The van der Waals surface area contributed by atoms with E-state index in [1.807, 2.05) is 0 Å². The third kappa shape index (κ3) is 4.38. The van der Waals surface area contributed by atoms with E-state index in [2.05, 4.69) is 69.2 Å². The lowest BCUT2D eigenvalue weighted by Crippen LogP contribution is -2.25. The summed E-state index contributed by atoms with van der Waals surface area (Å²) in [6.45, 7) is 11.5. The molecule has 0 saturated carbocycles. The number of benzene rings is 1. The molecule has 3 rings (SSSR count). The van der Waals surface area contributed by atoms with E-state index in [1.54, 1.807) is 5.57 Å². The molecule has 0 unspecified atom stereocenters. The highest BCUT2D eigenvalue weighted by molar-refractivity contribution is 5.93. The van der Waals surface area contributed by atoms with Crippen LogP contribution >= 0.6 is 0 Å². The molecule has 26 heavy (non-hydrogen) atoms. The van der Waals surface area contributed by atoms with Crippen molar-refractivity contribution >= 4 is 17.3 Å². The minimum absolute atomic E-state index is 0.00294. The Labute approximate surface area is 158 Å². The van der Waals surface area contributed by atoms with E-state index in [0.29, 0.717) is 6.42 Å². The summed E-state index contributed by atoms with van der Waals surface area (Å²) >= 11 is 0. The van der Waals surface area contributed by atoms with Gasteiger partial charge in [0.1, 0.15) is 0 Å². The van der Waals surface area contributed by atoms with Crippen LogP contribution in [0.2, 0.25) is 0 Å². The molecule has 1 aliphatic carbocycles. The van der Waals surface area contributed by atoms with Crippen LogP contribution in [-0.2, 0) is 4.79 Å². The Kier molecular flexibility index (Phi) is 5.27. The fourth-order valence-electron chi connectivity index (χ4n) is 3.94. The van der Waals surface area contributed by atoms with E-state index in [-0.39, 0.29) is 11.3 Å². The summed E-state index contributed by atoms with van der Waals surface area (Å²) < 4.78 is 0. The van der Waals surface area contributed by atoms with Gasteiger partial charge in [0, 0.05) is 30.5 Å². The molecule has 2 aliphatic rings. The number of allylic oxidation sites excluding steroid dienone is 2. The molecule has 3 heteroatoms. The van der Waals surface area contributed by atoms with Crippen LogP contribution in [0.1, 0.15) is 64.0 Å². The molecule has 0 aromatic heterocycles. The van der Waals surface area contributed by atoms with E-state index < -0.39 is 0 Å². The van der Waals surface area contributed by atoms with Crippen molar-refractivity contribution in [3.8, 4) is 0 Å². The van der Waals surface area contributed by atoms with Crippen molar-refractivity contribution in [1.29, 1.82) is 0 Å². The van der Waals surface area contributed by atoms with Gasteiger partial charge in [-0.2, -0.15) is 0 Å². The highest BCUT2D eigenvalue weighted by Gasteiger charge is 2.20. The number of fused-ring (bicyclic) bond motifs is 1. The Hall–Kier alpha value is -2.03. The van der Waals surface area contributed by atoms with E-state index in [0.717, 1.165) is 29.8 Å². The highest BCUT2D eigenvalue weighted by Crippen LogP contribution is 2.34. The van der Waals surface area contributed by atoms with Gasteiger partial charge in [0.15, 0.2) is 0 Å². The van der Waals surface area contributed by atoms with Gasteiger partial charge in [-0.25, -0.2) is 0 Å². The number of nitrogens with zero attached hydrogens (tertiary/aromatic N) is 1. The molecule has 0 spiro atoms. The molecule has 0 saturated heterocycles. The number of hydrogen-bond donors (Lipinski definition) is 1. The molecule has 1 aromatic rings. The molecule has 0 atom stereocenters. The van der Waals surface area contributed by atoms with Crippen molar-refractivity contribution in [2.75, 3.05) is 16.8 Å². The summed E-state index contributed by atoms with van der Waals surface area (Å²) in [5.74, 6) is 0.0912. The molecule has 1 amide bonds. The maximum Gasteiger partial charge on any atom is 0.224 e. The Bertz CT molecular complexity index is 742. The molecule has 1 aliphatic heterocycles. The Morgan fingerprint density at radius 1 is 1.12 bits per heavy atom. The number of rotatable bonds is 3. The molecule has 3 nitrogen and oxygen atoms in total. The molecule has 1 heterocycles. The van der Waals surface area contributed by atoms with Crippen molar-refractivity contribution in [3.05, 3.63) is 46.7 Å². The van der Waals surface area contributed by atoms with Gasteiger partial charge in [-0.05, 0) is 79.4 Å². The lowest BCUT2D eigenvalue weighted by molar-refractivity contribution is -0.117. The Balaban J connectivity index is 1.80. The van der Waals surface area contributed by atoms with E-state index in [4.69, 9.17) is 0 Å². The number of carbonyl (C=O) groups is 1. The number of anilines is 2. The molecule has 0 bridgehead atoms. The standard InChI is InChI=1S/C23H32N2O/c1-16-12-20(25-11-10-18-8-6-7-9-19(18)15-25)13-17(2)22(16)24-21(26)14-23(3,4)5/h8,12-13,15H,6-7,9-11,14H2,1-5H3,(H,24,26). The van der Waals surface area contributed by atoms with Gasteiger partial charge in [-0.3, -0.25) is 4.79 Å². The second-order valence-corrected chi connectivity index (χ2v) is 8.96. The Morgan fingerprint density at radius 2 is 1.81 bits per heavy atom. The van der Waals surface area contributed by atoms with Crippen LogP contribution in [0, 0.1) is 19.3 Å². The van der Waals surface area contributed by atoms with Crippen LogP contribution in [0.4, 0.5) is 11.4 Å². The zero-order valence-corrected chi connectivity index (χ0v) is 16.9. The smallest absolute Gasteiger partial charge is 0.224 e. The lowest BCUT2D eigenvalue weighted by atomic mass is 9.89. The maximum atomic E-state index is 12.3. The van der Waals surface area contributed by atoms with Gasteiger partial charge < -0.3 is 10.2 Å². The minimum Gasteiger partial charge on any atom is -0.347 e. The second kappa shape index (κ2) is 7.30. The van der Waals surface area contributed by atoms with Gasteiger partial charge in [0.2, 0.25) is 5.91 Å². The predicted molar refractivity (Wildman–Crippen MR) is 111 cm³/mol. The van der Waals surface area contributed by atoms with Gasteiger partial charge >= 0.3 is 0 Å². The largest absolute Gasteiger partial charge is 0.347 e. The maximum absolute atomic E-state index is 12.3. The topological polar surface area (TPSA) is 32.3 Å². The molecular weight excluding hydrogens is 320 g/mol. The van der Waals surface area contributed by atoms with Gasteiger partial charge in [-0.1, -0.05) is 26.8 Å². The van der Waals surface area contributed by atoms with Crippen LogP contribution in [0.3, 0.4) is 0 Å². The number of carbonyl (C=O) groups excluding carboxylic acids is 1. The molecule has 1 aromatic carbocycles. The van der Waals surface area contributed by atoms with Crippen LogP contribution in [0.15, 0.2) is 35.6 Å². The third-order valence-corrected chi connectivity index (χ3v) is 5.19. The summed E-state index contributed by atoms with van der Waals surface area (Å²) in [6, 6.07) is 4.41.